The van der Waals surface area contributed by atoms with Crippen LogP contribution < -0.4 is 4.90 Å². The van der Waals surface area contributed by atoms with Crippen molar-refractivity contribution < 1.29 is 9.90 Å². The molecule has 0 unspecified atom stereocenters. The summed E-state index contributed by atoms with van der Waals surface area (Å²) in [6.45, 7) is 8.91. The molecule has 0 atom stereocenters. The van der Waals surface area contributed by atoms with Crippen molar-refractivity contribution in [3.05, 3.63) is 24.2 Å². The number of carboxylic acid groups (broad SMARTS) is 1. The number of hydrogen-bond acceptors (Lipinski definition) is 4. The molecule has 6 nitrogen and oxygen atoms in total. The summed E-state index contributed by atoms with van der Waals surface area (Å²) in [6, 6.07) is 1.99. The molecule has 0 aliphatic carbocycles. The first-order chi connectivity index (χ1) is 9.82. The molecule has 0 aliphatic heterocycles. The van der Waals surface area contributed by atoms with E-state index in [0.717, 1.165) is 17.6 Å². The standard InChI is InChI=1S/C15H22N4O2/c1-5-7-18(10-13(20)21)14-11-9-12(15(2,3)4)17-19(11)8-6-16-14/h6,8-9H,5,7,10H2,1-4H3,(H,20,21). The molecule has 0 aliphatic rings. The van der Waals surface area contributed by atoms with Crippen LogP contribution in [-0.2, 0) is 10.2 Å². The zero-order chi connectivity index (χ0) is 15.6. The van der Waals surface area contributed by atoms with Gasteiger partial charge in [0.25, 0.3) is 0 Å². The van der Waals surface area contributed by atoms with Crippen molar-refractivity contribution in [1.82, 2.24) is 14.6 Å². The maximum atomic E-state index is 11.1. The van der Waals surface area contributed by atoms with Crippen LogP contribution in [0.25, 0.3) is 5.52 Å². The van der Waals surface area contributed by atoms with Gasteiger partial charge in [0, 0.05) is 24.4 Å². The predicted molar refractivity (Wildman–Crippen MR) is 81.8 cm³/mol. The number of aromatic nitrogens is 3. The minimum Gasteiger partial charge on any atom is -0.480 e. The Morgan fingerprint density at radius 1 is 1.43 bits per heavy atom. The first-order valence-corrected chi connectivity index (χ1v) is 7.14. The van der Waals surface area contributed by atoms with E-state index in [0.29, 0.717) is 12.4 Å². The number of fused-ring (bicyclic) bond motifs is 1. The van der Waals surface area contributed by atoms with E-state index in [2.05, 4.69) is 30.9 Å². The second-order valence-corrected chi connectivity index (χ2v) is 6.18. The Labute approximate surface area is 124 Å². The van der Waals surface area contributed by atoms with Crippen LogP contribution in [0, 0.1) is 0 Å². The number of nitrogens with zero attached hydrogens (tertiary/aromatic N) is 4. The number of hydrogen-bond donors (Lipinski definition) is 1. The lowest BCUT2D eigenvalue weighted by molar-refractivity contribution is -0.135. The fraction of sp³-hybridized carbons (Fsp3) is 0.533. The van der Waals surface area contributed by atoms with Crippen LogP contribution in [0.1, 0.15) is 39.8 Å². The van der Waals surface area contributed by atoms with Gasteiger partial charge in [0.05, 0.1) is 5.69 Å². The zero-order valence-corrected chi connectivity index (χ0v) is 13.0. The average Bonchev–Trinajstić information content (AvgIpc) is 2.81. The summed E-state index contributed by atoms with van der Waals surface area (Å²) >= 11 is 0. The second-order valence-electron chi connectivity index (χ2n) is 6.18. The van der Waals surface area contributed by atoms with E-state index in [4.69, 9.17) is 5.11 Å². The van der Waals surface area contributed by atoms with Gasteiger partial charge in [0.2, 0.25) is 0 Å². The number of rotatable bonds is 5. The van der Waals surface area contributed by atoms with E-state index < -0.39 is 5.97 Å². The molecule has 2 aromatic rings. The Hall–Kier alpha value is -2.11. The van der Waals surface area contributed by atoms with Crippen LogP contribution in [0.3, 0.4) is 0 Å². The van der Waals surface area contributed by atoms with E-state index in [-0.39, 0.29) is 12.0 Å². The van der Waals surface area contributed by atoms with Crippen LogP contribution in [0.2, 0.25) is 0 Å². The normalized spacial score (nSPS) is 11.8. The first kappa shape index (κ1) is 15.3. The van der Waals surface area contributed by atoms with Gasteiger partial charge in [0.15, 0.2) is 5.82 Å². The second kappa shape index (κ2) is 5.71. The van der Waals surface area contributed by atoms with Crippen molar-refractivity contribution in [3.8, 4) is 0 Å². The molecule has 0 fully saturated rings. The smallest absolute Gasteiger partial charge is 0.323 e. The van der Waals surface area contributed by atoms with E-state index in [1.807, 2.05) is 13.0 Å². The lowest BCUT2D eigenvalue weighted by Gasteiger charge is -2.21. The number of aliphatic carboxylic acids is 1. The summed E-state index contributed by atoms with van der Waals surface area (Å²) in [7, 11) is 0. The predicted octanol–water partition coefficient (Wildman–Crippen LogP) is 2.33. The Kier molecular flexibility index (Phi) is 4.16. The molecule has 0 spiro atoms. The minimum absolute atomic E-state index is 0.0590. The van der Waals surface area contributed by atoms with Crippen LogP contribution in [0.4, 0.5) is 5.82 Å². The number of carbonyl (C=O) groups is 1. The van der Waals surface area contributed by atoms with Crippen molar-refractivity contribution in [3.63, 3.8) is 0 Å². The summed E-state index contributed by atoms with van der Waals surface area (Å²) in [5, 5.41) is 13.7. The molecule has 6 heteroatoms. The van der Waals surface area contributed by atoms with Crippen molar-refractivity contribution in [2.45, 2.75) is 39.5 Å². The van der Waals surface area contributed by atoms with Gasteiger partial charge in [-0.3, -0.25) is 4.79 Å². The zero-order valence-electron chi connectivity index (χ0n) is 13.0. The minimum atomic E-state index is -0.859. The summed E-state index contributed by atoms with van der Waals surface area (Å²) in [5.41, 5.74) is 1.74. The summed E-state index contributed by atoms with van der Waals surface area (Å²) in [4.78, 5) is 17.2. The van der Waals surface area contributed by atoms with Gasteiger partial charge in [-0.05, 0) is 12.5 Å². The van der Waals surface area contributed by atoms with Crippen LogP contribution in [0.5, 0.6) is 0 Å². The van der Waals surface area contributed by atoms with Gasteiger partial charge in [-0.2, -0.15) is 5.10 Å². The molecule has 2 rings (SSSR count). The Morgan fingerprint density at radius 3 is 2.71 bits per heavy atom. The van der Waals surface area contributed by atoms with Gasteiger partial charge in [-0.25, -0.2) is 9.50 Å². The molecule has 0 bridgehead atoms. The highest BCUT2D eigenvalue weighted by Crippen LogP contribution is 2.26. The van der Waals surface area contributed by atoms with Gasteiger partial charge in [-0.15, -0.1) is 0 Å². The molecule has 0 saturated carbocycles. The van der Waals surface area contributed by atoms with Crippen molar-refractivity contribution in [2.75, 3.05) is 18.0 Å². The molecule has 2 aromatic heterocycles. The Bertz CT molecular complexity index is 643. The van der Waals surface area contributed by atoms with E-state index in [1.54, 1.807) is 21.8 Å². The highest BCUT2D eigenvalue weighted by molar-refractivity contribution is 5.77. The molecule has 0 radical (unpaired) electrons. The SMILES string of the molecule is CCCN(CC(=O)O)c1nccn2nc(C(C)(C)C)cc12. The quantitative estimate of drug-likeness (QED) is 0.915. The summed E-state index contributed by atoms with van der Waals surface area (Å²) in [6.07, 6.45) is 4.31. The lowest BCUT2D eigenvalue weighted by atomic mass is 9.92. The molecule has 0 aromatic carbocycles. The van der Waals surface area contributed by atoms with E-state index >= 15 is 0 Å². The third-order valence-electron chi connectivity index (χ3n) is 3.26. The van der Waals surface area contributed by atoms with E-state index in [9.17, 15) is 4.79 Å². The van der Waals surface area contributed by atoms with Crippen molar-refractivity contribution >= 4 is 17.3 Å². The number of carboxylic acids is 1. The molecular weight excluding hydrogens is 268 g/mol. The summed E-state index contributed by atoms with van der Waals surface area (Å²) in [5.74, 6) is -0.187. The fourth-order valence-electron chi connectivity index (χ4n) is 2.21. The molecule has 2 heterocycles. The lowest BCUT2D eigenvalue weighted by Crippen LogP contribution is -2.31. The van der Waals surface area contributed by atoms with Gasteiger partial charge in [-0.1, -0.05) is 27.7 Å². The average molecular weight is 290 g/mol. The maximum Gasteiger partial charge on any atom is 0.323 e. The monoisotopic (exact) mass is 290 g/mol. The molecular formula is C15H22N4O2. The molecule has 0 saturated heterocycles. The van der Waals surface area contributed by atoms with E-state index in [1.165, 1.54) is 0 Å². The highest BCUT2D eigenvalue weighted by Gasteiger charge is 2.21. The Balaban J connectivity index is 2.51. The van der Waals surface area contributed by atoms with Gasteiger partial charge < -0.3 is 10.0 Å². The van der Waals surface area contributed by atoms with Crippen molar-refractivity contribution in [2.24, 2.45) is 0 Å². The third-order valence-corrected chi connectivity index (χ3v) is 3.26. The highest BCUT2D eigenvalue weighted by atomic mass is 16.4. The molecule has 1 N–H and O–H groups in total. The van der Waals surface area contributed by atoms with Crippen LogP contribution in [0.15, 0.2) is 18.5 Å². The summed E-state index contributed by atoms with van der Waals surface area (Å²) < 4.78 is 1.77. The largest absolute Gasteiger partial charge is 0.480 e. The number of anilines is 1. The fourth-order valence-corrected chi connectivity index (χ4v) is 2.21. The van der Waals surface area contributed by atoms with Crippen molar-refractivity contribution in [1.29, 1.82) is 0 Å². The third kappa shape index (κ3) is 3.32. The van der Waals surface area contributed by atoms with Crippen LogP contribution >= 0.6 is 0 Å². The molecule has 21 heavy (non-hydrogen) atoms. The Morgan fingerprint density at radius 2 is 2.14 bits per heavy atom. The van der Waals surface area contributed by atoms with Gasteiger partial charge in [0.1, 0.15) is 12.1 Å². The molecule has 0 amide bonds. The van der Waals surface area contributed by atoms with Gasteiger partial charge >= 0.3 is 5.97 Å². The van der Waals surface area contributed by atoms with Crippen LogP contribution in [-0.4, -0.2) is 38.8 Å². The topological polar surface area (TPSA) is 70.7 Å². The first-order valence-electron chi connectivity index (χ1n) is 7.14. The maximum absolute atomic E-state index is 11.1. The molecule has 114 valence electrons.